The molecule has 1 unspecified atom stereocenters. The molecule has 0 spiro atoms. The fraction of sp³-hybridized carbons (Fsp3) is 0.263. The van der Waals surface area contributed by atoms with E-state index in [0.29, 0.717) is 36.0 Å². The van der Waals surface area contributed by atoms with Crippen LogP contribution in [0.2, 0.25) is 0 Å². The van der Waals surface area contributed by atoms with E-state index in [1.165, 1.54) is 43.5 Å². The van der Waals surface area contributed by atoms with Crippen molar-refractivity contribution >= 4 is 11.9 Å². The fourth-order valence-corrected chi connectivity index (χ4v) is 2.74. The highest BCUT2D eigenvalue weighted by Gasteiger charge is 2.24. The summed E-state index contributed by atoms with van der Waals surface area (Å²) >= 11 is 0. The average molecular weight is 375 g/mol. The molecule has 142 valence electrons. The molecule has 2 aromatic rings. The van der Waals surface area contributed by atoms with Crippen LogP contribution >= 0.6 is 0 Å². The summed E-state index contributed by atoms with van der Waals surface area (Å²) in [5.41, 5.74) is 0.642. The van der Waals surface area contributed by atoms with E-state index in [1.54, 1.807) is 0 Å². The number of fused-ring (bicyclic) bond motifs is 1. The van der Waals surface area contributed by atoms with E-state index >= 15 is 0 Å². The first kappa shape index (κ1) is 18.5. The maximum atomic E-state index is 13.0. The van der Waals surface area contributed by atoms with Gasteiger partial charge in [0.15, 0.2) is 11.5 Å². The highest BCUT2D eigenvalue weighted by atomic mass is 19.1. The minimum Gasteiger partial charge on any atom is -0.493 e. The van der Waals surface area contributed by atoms with Gasteiger partial charge in [-0.1, -0.05) is 12.1 Å². The van der Waals surface area contributed by atoms with Crippen molar-refractivity contribution in [1.82, 2.24) is 5.32 Å². The van der Waals surface area contributed by atoms with Gasteiger partial charge in [-0.2, -0.15) is 0 Å². The molecule has 1 aliphatic heterocycles. The minimum absolute atomic E-state index is 0.156. The van der Waals surface area contributed by atoms with Crippen molar-refractivity contribution in [2.75, 3.05) is 26.9 Å². The summed E-state index contributed by atoms with van der Waals surface area (Å²) in [6.45, 7) is 0.580. The monoisotopic (exact) mass is 375 g/mol. The second-order valence-corrected chi connectivity index (χ2v) is 5.86. The molecule has 1 aliphatic rings. The summed E-state index contributed by atoms with van der Waals surface area (Å²) in [4.78, 5) is 24.0. The van der Waals surface area contributed by atoms with Crippen LogP contribution < -0.4 is 19.5 Å². The van der Waals surface area contributed by atoms with Crippen LogP contribution in [0.25, 0.3) is 0 Å². The molecule has 0 aliphatic carbocycles. The smallest absolute Gasteiger partial charge is 0.312 e. The van der Waals surface area contributed by atoms with Crippen LogP contribution in [0, 0.1) is 5.82 Å². The van der Waals surface area contributed by atoms with Gasteiger partial charge < -0.3 is 24.6 Å². The molecule has 0 aromatic heterocycles. The number of methoxy groups -OCH3 is 1. The van der Waals surface area contributed by atoms with E-state index in [2.05, 4.69) is 5.32 Å². The highest BCUT2D eigenvalue weighted by Crippen LogP contribution is 2.40. The van der Waals surface area contributed by atoms with Crippen LogP contribution in [0.3, 0.4) is 0 Å². The zero-order valence-electron chi connectivity index (χ0n) is 14.5. The molecule has 2 aromatic carbocycles. The van der Waals surface area contributed by atoms with Gasteiger partial charge in [0.2, 0.25) is 5.75 Å². The van der Waals surface area contributed by atoms with Gasteiger partial charge in [-0.15, -0.1) is 0 Å². The van der Waals surface area contributed by atoms with Crippen LogP contribution in [0.15, 0.2) is 36.4 Å². The number of carbonyl (C=O) groups excluding carboxylic acids is 1. The fourth-order valence-electron chi connectivity index (χ4n) is 2.74. The zero-order valence-corrected chi connectivity index (χ0v) is 14.5. The Morgan fingerprint density at radius 1 is 1.22 bits per heavy atom. The molecule has 0 saturated carbocycles. The Kier molecular flexibility index (Phi) is 5.44. The number of hydrogen-bond donors (Lipinski definition) is 2. The molecule has 7 nitrogen and oxygen atoms in total. The van der Waals surface area contributed by atoms with E-state index in [0.717, 1.165) is 0 Å². The summed E-state index contributed by atoms with van der Waals surface area (Å²) in [7, 11) is 1.45. The van der Waals surface area contributed by atoms with Crippen LogP contribution in [0.4, 0.5) is 4.39 Å². The third-order valence-electron chi connectivity index (χ3n) is 4.13. The Labute approximate surface area is 154 Å². The molecule has 0 saturated heterocycles. The van der Waals surface area contributed by atoms with Gasteiger partial charge in [-0.3, -0.25) is 9.59 Å². The number of carboxylic acids is 1. The Bertz CT molecular complexity index is 835. The van der Waals surface area contributed by atoms with Crippen LogP contribution in [0.1, 0.15) is 21.8 Å². The van der Waals surface area contributed by atoms with Gasteiger partial charge in [-0.05, 0) is 29.8 Å². The van der Waals surface area contributed by atoms with Gasteiger partial charge in [-0.25, -0.2) is 4.39 Å². The Balaban J connectivity index is 1.76. The van der Waals surface area contributed by atoms with Crippen molar-refractivity contribution < 1.29 is 33.3 Å². The molecule has 0 fully saturated rings. The predicted molar refractivity (Wildman–Crippen MR) is 93.1 cm³/mol. The second-order valence-electron chi connectivity index (χ2n) is 5.86. The second kappa shape index (κ2) is 7.94. The van der Waals surface area contributed by atoms with Gasteiger partial charge in [0.1, 0.15) is 19.0 Å². The topological polar surface area (TPSA) is 94.1 Å². The van der Waals surface area contributed by atoms with Gasteiger partial charge in [0.25, 0.3) is 5.91 Å². The lowest BCUT2D eigenvalue weighted by Crippen LogP contribution is -2.32. The number of carbonyl (C=O) groups is 2. The molecule has 27 heavy (non-hydrogen) atoms. The lowest BCUT2D eigenvalue weighted by Gasteiger charge is -2.21. The third kappa shape index (κ3) is 4.11. The first-order valence-electron chi connectivity index (χ1n) is 8.23. The predicted octanol–water partition coefficient (Wildman–Crippen LogP) is 2.20. The van der Waals surface area contributed by atoms with Gasteiger partial charge in [0.05, 0.1) is 13.0 Å². The summed E-state index contributed by atoms with van der Waals surface area (Å²) in [5.74, 6) is -1.91. The van der Waals surface area contributed by atoms with E-state index in [4.69, 9.17) is 14.2 Å². The molecule has 3 rings (SSSR count). The number of hydrogen-bond acceptors (Lipinski definition) is 5. The molecular weight excluding hydrogens is 357 g/mol. The highest BCUT2D eigenvalue weighted by molar-refractivity contribution is 5.96. The van der Waals surface area contributed by atoms with Crippen LogP contribution in [-0.4, -0.2) is 43.9 Å². The molecule has 0 radical (unpaired) electrons. The van der Waals surface area contributed by atoms with E-state index in [-0.39, 0.29) is 12.1 Å². The van der Waals surface area contributed by atoms with Crippen molar-refractivity contribution in [3.63, 3.8) is 0 Å². The van der Waals surface area contributed by atoms with Crippen molar-refractivity contribution in [3.8, 4) is 17.2 Å². The first-order chi connectivity index (χ1) is 13.0. The molecule has 2 N–H and O–H groups in total. The van der Waals surface area contributed by atoms with E-state index in [1.807, 2.05) is 0 Å². The number of amides is 1. The van der Waals surface area contributed by atoms with Crippen LogP contribution in [-0.2, 0) is 4.79 Å². The third-order valence-corrected chi connectivity index (χ3v) is 4.13. The standard InChI is InChI=1S/C19H18FNO6/c1-25-15-8-12(9-16-17(15)27-7-6-26-16)18(22)21-10-14(19(23)24)11-2-4-13(20)5-3-11/h2-5,8-9,14H,6-7,10H2,1H3,(H,21,22)(H,23,24). The summed E-state index contributed by atoms with van der Waals surface area (Å²) < 4.78 is 29.3. The maximum Gasteiger partial charge on any atom is 0.312 e. The van der Waals surface area contributed by atoms with Gasteiger partial charge in [0, 0.05) is 12.1 Å². The molecule has 1 amide bonds. The first-order valence-corrected chi connectivity index (χ1v) is 8.23. The quantitative estimate of drug-likeness (QED) is 0.804. The maximum absolute atomic E-state index is 13.0. The molecule has 0 bridgehead atoms. The molecule has 1 atom stereocenters. The lowest BCUT2D eigenvalue weighted by molar-refractivity contribution is -0.138. The number of nitrogens with one attached hydrogen (secondary N) is 1. The summed E-state index contributed by atoms with van der Waals surface area (Å²) in [6.07, 6.45) is 0. The number of ether oxygens (including phenoxy) is 3. The van der Waals surface area contributed by atoms with Crippen molar-refractivity contribution in [3.05, 3.63) is 53.3 Å². The number of halogens is 1. The SMILES string of the molecule is COc1cc(C(=O)NCC(C(=O)O)c2ccc(F)cc2)cc2c1OCCO2. The Morgan fingerprint density at radius 3 is 2.59 bits per heavy atom. The number of aliphatic carboxylic acids is 1. The number of benzene rings is 2. The largest absolute Gasteiger partial charge is 0.493 e. The molecule has 8 heteroatoms. The zero-order chi connectivity index (χ0) is 19.4. The van der Waals surface area contributed by atoms with Crippen molar-refractivity contribution in [1.29, 1.82) is 0 Å². The normalized spacial score (nSPS) is 13.6. The average Bonchev–Trinajstić information content (AvgIpc) is 2.68. The van der Waals surface area contributed by atoms with Crippen molar-refractivity contribution in [2.24, 2.45) is 0 Å². The lowest BCUT2D eigenvalue weighted by atomic mass is 9.99. The molecular formula is C19H18FNO6. The number of rotatable bonds is 6. The van der Waals surface area contributed by atoms with E-state index < -0.39 is 23.6 Å². The Morgan fingerprint density at radius 2 is 1.93 bits per heavy atom. The summed E-state index contributed by atoms with van der Waals surface area (Å²) in [5, 5.41) is 12.0. The van der Waals surface area contributed by atoms with E-state index in [9.17, 15) is 19.1 Å². The Hall–Kier alpha value is -3.29. The summed E-state index contributed by atoms with van der Waals surface area (Å²) in [6, 6.07) is 8.13. The van der Waals surface area contributed by atoms with Crippen molar-refractivity contribution in [2.45, 2.75) is 5.92 Å². The van der Waals surface area contributed by atoms with Crippen LogP contribution in [0.5, 0.6) is 17.2 Å². The molecule has 1 heterocycles. The minimum atomic E-state index is -1.12. The van der Waals surface area contributed by atoms with Gasteiger partial charge >= 0.3 is 5.97 Å². The number of carboxylic acid groups (broad SMARTS) is 1.